The quantitative estimate of drug-likeness (QED) is 0.738. The molecule has 0 heterocycles. The van der Waals surface area contributed by atoms with Gasteiger partial charge in [0.15, 0.2) is 11.5 Å². The van der Waals surface area contributed by atoms with Gasteiger partial charge in [-0.3, -0.25) is 0 Å². The predicted molar refractivity (Wildman–Crippen MR) is 78.1 cm³/mol. The minimum Gasteiger partial charge on any atom is -0.504 e. The van der Waals surface area contributed by atoms with Crippen molar-refractivity contribution in [2.45, 2.75) is 13.0 Å². The maximum absolute atomic E-state index is 11.5. The van der Waals surface area contributed by atoms with Crippen LogP contribution in [0.25, 0.3) is 0 Å². The number of rotatable bonds is 5. The summed E-state index contributed by atoms with van der Waals surface area (Å²) in [6.45, 7) is 0.616. The normalized spacial score (nSPS) is 10.1. The molecule has 0 fully saturated rings. The third-order valence-electron chi connectivity index (χ3n) is 2.94. The second-order valence-corrected chi connectivity index (χ2v) is 4.56. The molecule has 110 valence electrons. The molecule has 0 bridgehead atoms. The van der Waals surface area contributed by atoms with Crippen LogP contribution >= 0.6 is 0 Å². The largest absolute Gasteiger partial charge is 0.504 e. The Bertz CT molecular complexity index is 598. The average molecular weight is 287 g/mol. The molecule has 2 aromatic rings. The van der Waals surface area contributed by atoms with E-state index in [0.717, 1.165) is 11.1 Å². The molecular weight excluding hydrogens is 270 g/mol. The molecule has 3 N–H and O–H groups in total. The highest BCUT2D eigenvalue weighted by molar-refractivity contribution is 5.67. The molecule has 2 rings (SSSR count). The van der Waals surface area contributed by atoms with E-state index in [1.807, 2.05) is 30.3 Å². The number of alkyl carbamates (subject to hydrolysis) is 1. The van der Waals surface area contributed by atoms with Gasteiger partial charge in [0.05, 0.1) is 0 Å². The molecule has 5 nitrogen and oxygen atoms in total. The lowest BCUT2D eigenvalue weighted by Crippen LogP contribution is -2.26. The topological polar surface area (TPSA) is 78.8 Å². The minimum atomic E-state index is -0.484. The number of amides is 1. The van der Waals surface area contributed by atoms with E-state index in [1.54, 1.807) is 6.07 Å². The average Bonchev–Trinajstić information content (AvgIpc) is 2.50. The van der Waals surface area contributed by atoms with Crippen LogP contribution in [0.3, 0.4) is 0 Å². The summed E-state index contributed by atoms with van der Waals surface area (Å²) in [5, 5.41) is 21.2. The molecule has 0 radical (unpaired) electrons. The van der Waals surface area contributed by atoms with Crippen molar-refractivity contribution >= 4 is 6.09 Å². The number of hydrogen-bond donors (Lipinski definition) is 3. The highest BCUT2D eigenvalue weighted by Crippen LogP contribution is 2.24. The van der Waals surface area contributed by atoms with Crippen molar-refractivity contribution in [3.63, 3.8) is 0 Å². The van der Waals surface area contributed by atoms with Gasteiger partial charge in [0, 0.05) is 6.54 Å². The van der Waals surface area contributed by atoms with E-state index in [2.05, 4.69) is 5.32 Å². The summed E-state index contributed by atoms with van der Waals surface area (Å²) in [5.74, 6) is -0.326. The van der Waals surface area contributed by atoms with E-state index in [0.29, 0.717) is 13.0 Å². The Labute approximate surface area is 122 Å². The van der Waals surface area contributed by atoms with Gasteiger partial charge in [-0.1, -0.05) is 36.4 Å². The van der Waals surface area contributed by atoms with E-state index >= 15 is 0 Å². The molecule has 0 atom stereocenters. The van der Waals surface area contributed by atoms with Crippen LogP contribution in [0.4, 0.5) is 4.79 Å². The second-order valence-electron chi connectivity index (χ2n) is 4.56. The smallest absolute Gasteiger partial charge is 0.407 e. The van der Waals surface area contributed by atoms with Crippen LogP contribution in [0.2, 0.25) is 0 Å². The van der Waals surface area contributed by atoms with Gasteiger partial charge in [-0.25, -0.2) is 4.79 Å². The first-order valence-corrected chi connectivity index (χ1v) is 6.60. The van der Waals surface area contributed by atoms with Crippen molar-refractivity contribution in [1.29, 1.82) is 0 Å². The van der Waals surface area contributed by atoms with Gasteiger partial charge in [-0.15, -0.1) is 0 Å². The molecule has 0 spiro atoms. The Kier molecular flexibility index (Phi) is 5.04. The Hall–Kier alpha value is -2.69. The second kappa shape index (κ2) is 7.19. The van der Waals surface area contributed by atoms with Gasteiger partial charge in [0.2, 0.25) is 0 Å². The SMILES string of the molecule is O=C(NCCc1ccc(O)c(O)c1)OCc1ccccc1. The third-order valence-corrected chi connectivity index (χ3v) is 2.94. The van der Waals surface area contributed by atoms with E-state index in [9.17, 15) is 15.0 Å². The number of benzene rings is 2. The van der Waals surface area contributed by atoms with E-state index in [-0.39, 0.29) is 18.1 Å². The summed E-state index contributed by atoms with van der Waals surface area (Å²) in [4.78, 5) is 11.5. The first-order valence-electron chi connectivity index (χ1n) is 6.60. The van der Waals surface area contributed by atoms with Crippen LogP contribution < -0.4 is 5.32 Å². The zero-order valence-electron chi connectivity index (χ0n) is 11.5. The lowest BCUT2D eigenvalue weighted by Gasteiger charge is -2.07. The fourth-order valence-corrected chi connectivity index (χ4v) is 1.81. The molecule has 0 unspecified atom stereocenters. The molecule has 0 aliphatic rings. The van der Waals surface area contributed by atoms with Gasteiger partial charge >= 0.3 is 6.09 Å². The Balaban J connectivity index is 1.70. The van der Waals surface area contributed by atoms with Crippen LogP contribution in [0.1, 0.15) is 11.1 Å². The number of aromatic hydroxyl groups is 2. The molecule has 5 heteroatoms. The Morgan fingerprint density at radius 1 is 1.00 bits per heavy atom. The fourth-order valence-electron chi connectivity index (χ4n) is 1.81. The van der Waals surface area contributed by atoms with E-state index < -0.39 is 6.09 Å². The summed E-state index contributed by atoms with van der Waals surface area (Å²) in [7, 11) is 0. The first-order chi connectivity index (χ1) is 10.1. The molecule has 2 aromatic carbocycles. The Morgan fingerprint density at radius 3 is 2.48 bits per heavy atom. The number of nitrogens with one attached hydrogen (secondary N) is 1. The number of hydrogen-bond acceptors (Lipinski definition) is 4. The molecule has 0 saturated carbocycles. The fraction of sp³-hybridized carbons (Fsp3) is 0.188. The zero-order chi connectivity index (χ0) is 15.1. The molecule has 21 heavy (non-hydrogen) atoms. The molecule has 0 aliphatic heterocycles. The maximum Gasteiger partial charge on any atom is 0.407 e. The van der Waals surface area contributed by atoms with Crippen LogP contribution in [0.15, 0.2) is 48.5 Å². The van der Waals surface area contributed by atoms with Crippen molar-refractivity contribution in [3.05, 3.63) is 59.7 Å². The molecule has 0 saturated heterocycles. The van der Waals surface area contributed by atoms with Crippen molar-refractivity contribution in [2.24, 2.45) is 0 Å². The molecule has 1 amide bonds. The molecule has 0 aliphatic carbocycles. The Morgan fingerprint density at radius 2 is 1.76 bits per heavy atom. The summed E-state index contributed by atoms with van der Waals surface area (Å²) in [5.41, 5.74) is 1.74. The van der Waals surface area contributed by atoms with Crippen molar-refractivity contribution in [3.8, 4) is 11.5 Å². The standard InChI is InChI=1S/C16H17NO4/c18-14-7-6-12(10-15(14)19)8-9-17-16(20)21-11-13-4-2-1-3-5-13/h1-7,10,18-19H,8-9,11H2,(H,17,20). The van der Waals surface area contributed by atoms with Crippen molar-refractivity contribution < 1.29 is 19.7 Å². The monoisotopic (exact) mass is 287 g/mol. The van der Waals surface area contributed by atoms with Gasteiger partial charge in [0.1, 0.15) is 6.61 Å². The van der Waals surface area contributed by atoms with Crippen LogP contribution in [-0.4, -0.2) is 22.9 Å². The van der Waals surface area contributed by atoms with Crippen LogP contribution in [-0.2, 0) is 17.8 Å². The van der Waals surface area contributed by atoms with Crippen molar-refractivity contribution in [2.75, 3.05) is 6.54 Å². The lowest BCUT2D eigenvalue weighted by atomic mass is 10.1. The van der Waals surface area contributed by atoms with Crippen LogP contribution in [0, 0.1) is 0 Å². The maximum atomic E-state index is 11.5. The van der Waals surface area contributed by atoms with E-state index in [4.69, 9.17) is 4.74 Å². The lowest BCUT2D eigenvalue weighted by molar-refractivity contribution is 0.140. The molecular formula is C16H17NO4. The van der Waals surface area contributed by atoms with Gasteiger partial charge in [-0.2, -0.15) is 0 Å². The summed E-state index contributed by atoms with van der Waals surface area (Å²) < 4.78 is 5.07. The van der Waals surface area contributed by atoms with Crippen molar-refractivity contribution in [1.82, 2.24) is 5.32 Å². The number of phenolic OH excluding ortho intramolecular Hbond substituents is 2. The van der Waals surface area contributed by atoms with Crippen LogP contribution in [0.5, 0.6) is 11.5 Å². The highest BCUT2D eigenvalue weighted by atomic mass is 16.5. The zero-order valence-corrected chi connectivity index (χ0v) is 11.5. The molecule has 0 aromatic heterocycles. The number of ether oxygens (including phenoxy) is 1. The number of phenols is 2. The predicted octanol–water partition coefficient (Wildman–Crippen LogP) is 2.57. The van der Waals surface area contributed by atoms with Gasteiger partial charge in [-0.05, 0) is 29.7 Å². The summed E-state index contributed by atoms with van der Waals surface area (Å²) >= 11 is 0. The number of carbonyl (C=O) groups excluding carboxylic acids is 1. The summed E-state index contributed by atoms with van der Waals surface area (Å²) in [6, 6.07) is 14.0. The van der Waals surface area contributed by atoms with Gasteiger partial charge in [0.25, 0.3) is 0 Å². The minimum absolute atomic E-state index is 0.158. The van der Waals surface area contributed by atoms with E-state index in [1.165, 1.54) is 12.1 Å². The van der Waals surface area contributed by atoms with Gasteiger partial charge < -0.3 is 20.3 Å². The third kappa shape index (κ3) is 4.72. The summed E-state index contributed by atoms with van der Waals surface area (Å²) in [6.07, 6.45) is 0.0516. The number of carbonyl (C=O) groups is 1. The highest BCUT2D eigenvalue weighted by Gasteiger charge is 2.04. The first kappa shape index (κ1) is 14.7.